The fourth-order valence-electron chi connectivity index (χ4n) is 0.990. The van der Waals surface area contributed by atoms with E-state index in [4.69, 9.17) is 4.52 Å². The minimum absolute atomic E-state index is 0.782. The van der Waals surface area contributed by atoms with Gasteiger partial charge in [-0.1, -0.05) is 23.0 Å². The van der Waals surface area contributed by atoms with E-state index in [0.717, 1.165) is 16.5 Å². The Morgan fingerprint density at radius 1 is 1.31 bits per heavy atom. The lowest BCUT2D eigenvalue weighted by molar-refractivity contribution is 0.351. The van der Waals surface area contributed by atoms with Crippen molar-refractivity contribution in [3.63, 3.8) is 0 Å². The van der Waals surface area contributed by atoms with Crippen molar-refractivity contribution in [3.05, 3.63) is 30.5 Å². The summed E-state index contributed by atoms with van der Waals surface area (Å²) in [6.07, 6.45) is 3.69. The third-order valence-electron chi connectivity index (χ3n) is 1.62. The van der Waals surface area contributed by atoms with E-state index in [0.29, 0.717) is 0 Å². The fourth-order valence-corrected chi connectivity index (χ4v) is 1.33. The van der Waals surface area contributed by atoms with E-state index < -0.39 is 0 Å². The van der Waals surface area contributed by atoms with Crippen LogP contribution in [0.3, 0.4) is 0 Å². The molecule has 0 aromatic carbocycles. The molecule has 2 rings (SSSR count). The standard InChI is InChI=1S/C9H8N2OS/c1-13-9-6-8(11-12-9)7-4-2-3-5-10-7/h2-6H,1H3. The summed E-state index contributed by atoms with van der Waals surface area (Å²) in [4.78, 5) is 4.16. The molecule has 0 aliphatic carbocycles. The molecule has 2 aromatic heterocycles. The van der Waals surface area contributed by atoms with Crippen LogP contribution in [0.2, 0.25) is 0 Å². The zero-order valence-electron chi connectivity index (χ0n) is 7.10. The molecule has 0 saturated carbocycles. The molecule has 0 aliphatic heterocycles. The smallest absolute Gasteiger partial charge is 0.193 e. The zero-order chi connectivity index (χ0) is 9.10. The SMILES string of the molecule is CSc1cc(-c2ccccn2)no1. The second-order valence-corrected chi connectivity index (χ2v) is 3.26. The summed E-state index contributed by atoms with van der Waals surface area (Å²) in [5.74, 6) is 0. The van der Waals surface area contributed by atoms with Crippen LogP contribution in [0.1, 0.15) is 0 Å². The Morgan fingerprint density at radius 3 is 2.85 bits per heavy atom. The second kappa shape index (κ2) is 3.62. The Kier molecular flexibility index (Phi) is 2.31. The van der Waals surface area contributed by atoms with Crippen LogP contribution < -0.4 is 0 Å². The normalized spacial score (nSPS) is 10.2. The molecule has 0 amide bonds. The van der Waals surface area contributed by atoms with Crippen molar-refractivity contribution in [2.75, 3.05) is 6.26 Å². The largest absolute Gasteiger partial charge is 0.349 e. The highest BCUT2D eigenvalue weighted by Gasteiger charge is 2.05. The predicted molar refractivity (Wildman–Crippen MR) is 51.5 cm³/mol. The zero-order valence-corrected chi connectivity index (χ0v) is 7.91. The molecule has 0 fully saturated rings. The molecule has 13 heavy (non-hydrogen) atoms. The second-order valence-electron chi connectivity index (χ2n) is 2.45. The number of nitrogens with zero attached hydrogens (tertiary/aromatic N) is 2. The van der Waals surface area contributed by atoms with Crippen molar-refractivity contribution < 1.29 is 4.52 Å². The van der Waals surface area contributed by atoms with Crippen molar-refractivity contribution in [2.24, 2.45) is 0 Å². The highest BCUT2D eigenvalue weighted by Crippen LogP contribution is 2.21. The molecule has 0 radical (unpaired) electrons. The van der Waals surface area contributed by atoms with Crippen LogP contribution in [0.15, 0.2) is 40.1 Å². The summed E-state index contributed by atoms with van der Waals surface area (Å²) < 4.78 is 5.04. The van der Waals surface area contributed by atoms with Gasteiger partial charge in [-0.3, -0.25) is 4.98 Å². The van der Waals surface area contributed by atoms with Gasteiger partial charge in [-0.25, -0.2) is 0 Å². The van der Waals surface area contributed by atoms with Crippen LogP contribution in [-0.4, -0.2) is 16.4 Å². The highest BCUT2D eigenvalue weighted by atomic mass is 32.2. The first kappa shape index (κ1) is 8.31. The number of pyridine rings is 1. The molecular weight excluding hydrogens is 184 g/mol. The van der Waals surface area contributed by atoms with Gasteiger partial charge in [-0.2, -0.15) is 0 Å². The van der Waals surface area contributed by atoms with Gasteiger partial charge >= 0.3 is 0 Å². The first-order valence-electron chi connectivity index (χ1n) is 3.82. The number of thioether (sulfide) groups is 1. The molecule has 0 atom stereocenters. The Hall–Kier alpha value is -1.29. The Morgan fingerprint density at radius 2 is 2.23 bits per heavy atom. The van der Waals surface area contributed by atoms with Crippen LogP contribution in [0, 0.1) is 0 Å². The van der Waals surface area contributed by atoms with E-state index in [1.165, 1.54) is 11.8 Å². The lowest BCUT2D eigenvalue weighted by atomic mass is 10.3. The fraction of sp³-hybridized carbons (Fsp3) is 0.111. The summed E-state index contributed by atoms with van der Waals surface area (Å²) in [5, 5.41) is 4.71. The van der Waals surface area contributed by atoms with Gasteiger partial charge in [0.1, 0.15) is 5.69 Å². The van der Waals surface area contributed by atoms with Crippen molar-refractivity contribution >= 4 is 11.8 Å². The molecule has 0 N–H and O–H groups in total. The van der Waals surface area contributed by atoms with E-state index in [-0.39, 0.29) is 0 Å². The van der Waals surface area contributed by atoms with E-state index in [9.17, 15) is 0 Å². The Labute approximate surface area is 80.2 Å². The average molecular weight is 192 g/mol. The van der Waals surface area contributed by atoms with E-state index in [2.05, 4.69) is 10.1 Å². The third kappa shape index (κ3) is 1.72. The van der Waals surface area contributed by atoms with Crippen LogP contribution >= 0.6 is 11.8 Å². The van der Waals surface area contributed by atoms with Gasteiger partial charge in [0.05, 0.1) is 5.69 Å². The predicted octanol–water partition coefficient (Wildman–Crippen LogP) is 2.46. The maximum Gasteiger partial charge on any atom is 0.193 e. The van der Waals surface area contributed by atoms with Gasteiger partial charge in [0.15, 0.2) is 5.09 Å². The van der Waals surface area contributed by atoms with Gasteiger partial charge in [-0.05, 0) is 18.4 Å². The maximum atomic E-state index is 5.04. The molecule has 0 saturated heterocycles. The van der Waals surface area contributed by atoms with E-state index >= 15 is 0 Å². The monoisotopic (exact) mass is 192 g/mol. The van der Waals surface area contributed by atoms with Crippen LogP contribution in [0.25, 0.3) is 11.4 Å². The summed E-state index contributed by atoms with van der Waals surface area (Å²) in [6.45, 7) is 0. The van der Waals surface area contributed by atoms with Gasteiger partial charge in [-0.15, -0.1) is 0 Å². The van der Waals surface area contributed by atoms with Crippen LogP contribution in [-0.2, 0) is 0 Å². The lowest BCUT2D eigenvalue weighted by Crippen LogP contribution is -1.79. The molecule has 0 spiro atoms. The molecule has 0 aliphatic rings. The summed E-state index contributed by atoms with van der Waals surface area (Å²) in [6, 6.07) is 7.59. The Balaban J connectivity index is 2.36. The van der Waals surface area contributed by atoms with Gasteiger partial charge < -0.3 is 4.52 Å². The third-order valence-corrected chi connectivity index (χ3v) is 2.21. The number of hydrogen-bond donors (Lipinski definition) is 0. The molecule has 0 bridgehead atoms. The molecular formula is C9H8N2OS. The highest BCUT2D eigenvalue weighted by molar-refractivity contribution is 7.98. The molecule has 2 heterocycles. The summed E-state index contributed by atoms with van der Waals surface area (Å²) >= 11 is 1.53. The number of rotatable bonds is 2. The van der Waals surface area contributed by atoms with Gasteiger partial charge in [0.25, 0.3) is 0 Å². The minimum atomic E-state index is 0.782. The van der Waals surface area contributed by atoms with Gasteiger partial charge in [0, 0.05) is 12.3 Å². The van der Waals surface area contributed by atoms with Crippen molar-refractivity contribution in [2.45, 2.75) is 5.09 Å². The van der Waals surface area contributed by atoms with Crippen molar-refractivity contribution in [1.82, 2.24) is 10.1 Å². The van der Waals surface area contributed by atoms with Crippen molar-refractivity contribution in [1.29, 1.82) is 0 Å². The molecule has 2 aromatic rings. The molecule has 3 nitrogen and oxygen atoms in total. The average Bonchev–Trinajstić information content (AvgIpc) is 2.67. The maximum absolute atomic E-state index is 5.04. The quantitative estimate of drug-likeness (QED) is 0.685. The number of aromatic nitrogens is 2. The molecule has 4 heteroatoms. The number of hydrogen-bond acceptors (Lipinski definition) is 4. The summed E-state index contributed by atoms with van der Waals surface area (Å²) in [7, 11) is 0. The molecule has 66 valence electrons. The van der Waals surface area contributed by atoms with E-state index in [1.54, 1.807) is 6.20 Å². The van der Waals surface area contributed by atoms with Crippen LogP contribution in [0.5, 0.6) is 0 Å². The Bertz CT molecular complexity index is 386. The summed E-state index contributed by atoms with van der Waals surface area (Å²) in [5.41, 5.74) is 1.62. The van der Waals surface area contributed by atoms with Gasteiger partial charge in [0.2, 0.25) is 0 Å². The molecule has 0 unspecified atom stereocenters. The van der Waals surface area contributed by atoms with Crippen molar-refractivity contribution in [3.8, 4) is 11.4 Å². The first-order chi connectivity index (χ1) is 6.40. The van der Waals surface area contributed by atoms with E-state index in [1.807, 2.05) is 30.5 Å². The van der Waals surface area contributed by atoms with Crippen LogP contribution in [0.4, 0.5) is 0 Å². The first-order valence-corrected chi connectivity index (χ1v) is 5.05. The minimum Gasteiger partial charge on any atom is -0.349 e. The topological polar surface area (TPSA) is 38.9 Å². The lowest BCUT2D eigenvalue weighted by Gasteiger charge is -1.89.